The van der Waals surface area contributed by atoms with E-state index in [2.05, 4.69) is 10.1 Å². The smallest absolute Gasteiger partial charge is 0.356 e. The van der Waals surface area contributed by atoms with Crippen LogP contribution >= 0.6 is 0 Å². The van der Waals surface area contributed by atoms with Gasteiger partial charge in [-0.15, -0.1) is 0 Å². The third-order valence-electron chi connectivity index (χ3n) is 2.34. The first kappa shape index (κ1) is 12.0. The summed E-state index contributed by atoms with van der Waals surface area (Å²) in [4.78, 5) is 26.6. The van der Waals surface area contributed by atoms with Crippen molar-refractivity contribution in [3.8, 4) is 0 Å². The average molecular weight is 245 g/mol. The van der Waals surface area contributed by atoms with Gasteiger partial charge in [-0.05, 0) is 25.1 Å². The highest BCUT2D eigenvalue weighted by molar-refractivity contribution is 5.84. The van der Waals surface area contributed by atoms with E-state index >= 15 is 0 Å². The van der Waals surface area contributed by atoms with E-state index in [0.717, 1.165) is 10.4 Å². The van der Waals surface area contributed by atoms with Crippen LogP contribution in [-0.2, 0) is 6.54 Å². The molecule has 0 unspecified atom stereocenters. The van der Waals surface area contributed by atoms with Crippen molar-refractivity contribution in [2.75, 3.05) is 0 Å². The van der Waals surface area contributed by atoms with Crippen molar-refractivity contribution in [3.05, 3.63) is 57.8 Å². The Morgan fingerprint density at radius 2 is 2.11 bits per heavy atom. The highest BCUT2D eigenvalue weighted by atomic mass is 16.4. The molecule has 6 heteroatoms. The molecule has 2 aromatic heterocycles. The van der Waals surface area contributed by atoms with E-state index in [9.17, 15) is 9.59 Å². The summed E-state index contributed by atoms with van der Waals surface area (Å²) in [6, 6.07) is 7.79. The molecule has 0 aliphatic carbocycles. The van der Waals surface area contributed by atoms with E-state index < -0.39 is 5.97 Å². The van der Waals surface area contributed by atoms with Crippen LogP contribution in [0.2, 0.25) is 0 Å². The number of carboxylic acid groups (broad SMARTS) is 1. The summed E-state index contributed by atoms with van der Waals surface area (Å²) in [5.74, 6) is -1.17. The van der Waals surface area contributed by atoms with E-state index in [-0.39, 0.29) is 17.8 Å². The molecule has 0 saturated heterocycles. The van der Waals surface area contributed by atoms with Crippen LogP contribution in [0.4, 0.5) is 0 Å². The number of pyridine rings is 1. The number of rotatable bonds is 3. The second kappa shape index (κ2) is 4.79. The summed E-state index contributed by atoms with van der Waals surface area (Å²) in [5, 5.41) is 12.6. The lowest BCUT2D eigenvalue weighted by Gasteiger charge is -2.05. The molecule has 0 aromatic carbocycles. The molecular formula is C12H11N3O3. The standard InChI is InChI=1S/C12H11N3O3/c1-8-3-2-4-9(13-8)7-15-11(16)6-5-10(14-15)12(17)18/h2-6H,7H2,1H3,(H,17,18). The zero-order valence-corrected chi connectivity index (χ0v) is 9.70. The van der Waals surface area contributed by atoms with Gasteiger partial charge < -0.3 is 5.11 Å². The zero-order valence-electron chi connectivity index (χ0n) is 9.70. The van der Waals surface area contributed by atoms with Crippen LogP contribution < -0.4 is 5.56 Å². The molecule has 6 nitrogen and oxygen atoms in total. The number of nitrogens with zero attached hydrogens (tertiary/aromatic N) is 3. The average Bonchev–Trinajstić information content (AvgIpc) is 2.31. The van der Waals surface area contributed by atoms with E-state index in [4.69, 9.17) is 5.11 Å². The summed E-state index contributed by atoms with van der Waals surface area (Å²) in [5.41, 5.74) is 0.965. The molecule has 0 aliphatic rings. The monoisotopic (exact) mass is 245 g/mol. The predicted molar refractivity (Wildman–Crippen MR) is 63.5 cm³/mol. The molecular weight excluding hydrogens is 234 g/mol. The zero-order chi connectivity index (χ0) is 13.1. The fourth-order valence-electron chi connectivity index (χ4n) is 1.52. The van der Waals surface area contributed by atoms with Gasteiger partial charge in [0.05, 0.1) is 12.2 Å². The molecule has 0 radical (unpaired) electrons. The highest BCUT2D eigenvalue weighted by Crippen LogP contribution is 1.99. The van der Waals surface area contributed by atoms with Gasteiger partial charge in [0.1, 0.15) is 0 Å². The minimum atomic E-state index is -1.17. The third-order valence-corrected chi connectivity index (χ3v) is 2.34. The van der Waals surface area contributed by atoms with Gasteiger partial charge in [-0.25, -0.2) is 9.48 Å². The first-order chi connectivity index (χ1) is 8.56. The first-order valence-electron chi connectivity index (χ1n) is 5.30. The second-order valence-corrected chi connectivity index (χ2v) is 3.79. The SMILES string of the molecule is Cc1cccc(Cn2nc(C(=O)O)ccc2=O)n1. The fourth-order valence-corrected chi connectivity index (χ4v) is 1.52. The normalized spacial score (nSPS) is 10.3. The van der Waals surface area contributed by atoms with E-state index in [1.807, 2.05) is 19.1 Å². The summed E-state index contributed by atoms with van der Waals surface area (Å²) < 4.78 is 1.09. The summed E-state index contributed by atoms with van der Waals surface area (Å²) in [6.07, 6.45) is 0. The third kappa shape index (κ3) is 2.60. The van der Waals surface area contributed by atoms with Crippen LogP contribution in [0.15, 0.2) is 35.1 Å². The molecule has 2 aromatic rings. The molecule has 92 valence electrons. The van der Waals surface area contributed by atoms with Crippen molar-refractivity contribution < 1.29 is 9.90 Å². The van der Waals surface area contributed by atoms with Crippen molar-refractivity contribution >= 4 is 5.97 Å². The minimum absolute atomic E-state index is 0.154. The lowest BCUT2D eigenvalue weighted by atomic mass is 10.3. The quantitative estimate of drug-likeness (QED) is 0.860. The lowest BCUT2D eigenvalue weighted by molar-refractivity contribution is 0.0687. The Bertz CT molecular complexity index is 649. The minimum Gasteiger partial charge on any atom is -0.476 e. The van der Waals surface area contributed by atoms with Gasteiger partial charge in [-0.2, -0.15) is 5.10 Å². The maximum absolute atomic E-state index is 11.6. The Labute approximate surface area is 103 Å². The Kier molecular flexibility index (Phi) is 3.18. The van der Waals surface area contributed by atoms with Gasteiger partial charge in [-0.1, -0.05) is 6.07 Å². The Balaban J connectivity index is 2.37. The fraction of sp³-hybridized carbons (Fsp3) is 0.167. The van der Waals surface area contributed by atoms with Gasteiger partial charge in [0, 0.05) is 11.8 Å². The molecule has 0 spiro atoms. The van der Waals surface area contributed by atoms with Crippen molar-refractivity contribution in [2.45, 2.75) is 13.5 Å². The molecule has 1 N–H and O–H groups in total. The van der Waals surface area contributed by atoms with E-state index in [1.54, 1.807) is 6.07 Å². The van der Waals surface area contributed by atoms with Crippen molar-refractivity contribution in [2.24, 2.45) is 0 Å². The van der Waals surface area contributed by atoms with Gasteiger partial charge in [0.25, 0.3) is 5.56 Å². The molecule has 0 saturated carbocycles. The predicted octanol–water partition coefficient (Wildman–Crippen LogP) is 0.693. The highest BCUT2D eigenvalue weighted by Gasteiger charge is 2.08. The molecule has 0 amide bonds. The Morgan fingerprint density at radius 3 is 2.78 bits per heavy atom. The largest absolute Gasteiger partial charge is 0.476 e. The van der Waals surface area contributed by atoms with E-state index in [1.165, 1.54) is 12.1 Å². The lowest BCUT2D eigenvalue weighted by Crippen LogP contribution is -2.25. The van der Waals surface area contributed by atoms with Crippen LogP contribution in [0, 0.1) is 6.92 Å². The number of carboxylic acids is 1. The van der Waals surface area contributed by atoms with Gasteiger partial charge in [-0.3, -0.25) is 9.78 Å². The topological polar surface area (TPSA) is 85.1 Å². The Hall–Kier alpha value is -2.50. The number of hydrogen-bond donors (Lipinski definition) is 1. The molecule has 0 atom stereocenters. The Morgan fingerprint density at radius 1 is 1.33 bits per heavy atom. The van der Waals surface area contributed by atoms with Crippen LogP contribution in [0.1, 0.15) is 21.9 Å². The summed E-state index contributed by atoms with van der Waals surface area (Å²) >= 11 is 0. The van der Waals surface area contributed by atoms with Crippen LogP contribution in [0.3, 0.4) is 0 Å². The number of aryl methyl sites for hydroxylation is 1. The van der Waals surface area contributed by atoms with Crippen molar-refractivity contribution in [1.82, 2.24) is 14.8 Å². The summed E-state index contributed by atoms with van der Waals surface area (Å²) in [7, 11) is 0. The number of aromatic carboxylic acids is 1. The van der Waals surface area contributed by atoms with Crippen LogP contribution in [0.25, 0.3) is 0 Å². The van der Waals surface area contributed by atoms with Crippen LogP contribution in [0.5, 0.6) is 0 Å². The molecule has 2 rings (SSSR count). The van der Waals surface area contributed by atoms with Crippen LogP contribution in [-0.4, -0.2) is 25.8 Å². The molecule has 0 aliphatic heterocycles. The van der Waals surface area contributed by atoms with Gasteiger partial charge >= 0.3 is 5.97 Å². The number of aromatic nitrogens is 3. The molecule has 2 heterocycles. The first-order valence-corrected chi connectivity index (χ1v) is 5.30. The van der Waals surface area contributed by atoms with E-state index in [0.29, 0.717) is 5.69 Å². The maximum atomic E-state index is 11.6. The number of hydrogen-bond acceptors (Lipinski definition) is 4. The summed E-state index contributed by atoms with van der Waals surface area (Å²) in [6.45, 7) is 2.00. The van der Waals surface area contributed by atoms with Crippen molar-refractivity contribution in [1.29, 1.82) is 0 Å². The number of carbonyl (C=O) groups is 1. The maximum Gasteiger partial charge on any atom is 0.356 e. The van der Waals surface area contributed by atoms with Crippen molar-refractivity contribution in [3.63, 3.8) is 0 Å². The second-order valence-electron chi connectivity index (χ2n) is 3.79. The van der Waals surface area contributed by atoms with Gasteiger partial charge in [0.15, 0.2) is 5.69 Å². The molecule has 18 heavy (non-hydrogen) atoms. The molecule has 0 bridgehead atoms. The molecule has 0 fully saturated rings. The van der Waals surface area contributed by atoms with Gasteiger partial charge in [0.2, 0.25) is 0 Å².